The minimum absolute atomic E-state index is 0.660. The van der Waals surface area contributed by atoms with Gasteiger partial charge >= 0.3 is 0 Å². The molecule has 2 aliphatic heterocycles. The van der Waals surface area contributed by atoms with Crippen LogP contribution in [-0.2, 0) is 0 Å². The zero-order valence-electron chi connectivity index (χ0n) is 12.8. The van der Waals surface area contributed by atoms with E-state index < -0.39 is 0 Å². The molecule has 4 heteroatoms. The van der Waals surface area contributed by atoms with Crippen molar-refractivity contribution >= 4 is 16.9 Å². The van der Waals surface area contributed by atoms with Crippen molar-refractivity contribution in [1.29, 1.82) is 0 Å². The molecule has 2 atom stereocenters. The lowest BCUT2D eigenvalue weighted by atomic mass is 10.1. The van der Waals surface area contributed by atoms with Gasteiger partial charge in [-0.25, -0.2) is 9.97 Å². The summed E-state index contributed by atoms with van der Waals surface area (Å²) in [5.74, 6) is 0.909. The third kappa shape index (κ3) is 2.18. The van der Waals surface area contributed by atoms with E-state index in [9.17, 15) is 0 Å². The second-order valence-corrected chi connectivity index (χ2v) is 6.41. The number of anilines is 1. The standard InChI is InChI=1S/C17H22N4/c1-12-15-5-3-4-6-16(15)19-17(18-12)21-10-9-13-7-8-14(11-21)20(13)2/h3-6,13-14H,7-11H2,1-2H3/t13-,14+/m1/s1. The maximum Gasteiger partial charge on any atom is 0.226 e. The minimum atomic E-state index is 0.660. The molecule has 2 fully saturated rings. The first kappa shape index (κ1) is 13.0. The van der Waals surface area contributed by atoms with Gasteiger partial charge in [-0.1, -0.05) is 18.2 Å². The van der Waals surface area contributed by atoms with Gasteiger partial charge in [-0.05, 0) is 39.3 Å². The molecule has 1 aromatic heterocycles. The van der Waals surface area contributed by atoms with Gasteiger partial charge in [0.25, 0.3) is 0 Å². The smallest absolute Gasteiger partial charge is 0.226 e. The van der Waals surface area contributed by atoms with Crippen LogP contribution >= 0.6 is 0 Å². The van der Waals surface area contributed by atoms with Crippen LogP contribution in [0.3, 0.4) is 0 Å². The molecule has 2 aromatic rings. The van der Waals surface area contributed by atoms with Gasteiger partial charge in [0.15, 0.2) is 0 Å². The van der Waals surface area contributed by atoms with Gasteiger partial charge in [-0.3, -0.25) is 4.90 Å². The molecule has 1 aromatic carbocycles. The van der Waals surface area contributed by atoms with Crippen LogP contribution in [0.1, 0.15) is 25.0 Å². The summed E-state index contributed by atoms with van der Waals surface area (Å²) in [6.45, 7) is 4.22. The minimum Gasteiger partial charge on any atom is -0.339 e. The number of likely N-dealkylation sites (N-methyl/N-ethyl adjacent to an activating group) is 1. The Bertz CT molecular complexity index is 669. The molecular weight excluding hydrogens is 260 g/mol. The number of benzene rings is 1. The second-order valence-electron chi connectivity index (χ2n) is 6.41. The summed E-state index contributed by atoms with van der Waals surface area (Å²) >= 11 is 0. The molecule has 4 nitrogen and oxygen atoms in total. The second kappa shape index (κ2) is 4.95. The van der Waals surface area contributed by atoms with Crippen LogP contribution in [0.2, 0.25) is 0 Å². The number of fused-ring (bicyclic) bond motifs is 3. The molecule has 3 heterocycles. The van der Waals surface area contributed by atoms with Crippen molar-refractivity contribution in [2.45, 2.75) is 38.3 Å². The number of rotatable bonds is 1. The van der Waals surface area contributed by atoms with Crippen molar-refractivity contribution in [3.63, 3.8) is 0 Å². The SMILES string of the molecule is Cc1nc(N2CC[C@H]3CC[C@@H](C2)N3C)nc2ccccc12. The van der Waals surface area contributed by atoms with Gasteiger partial charge in [-0.15, -0.1) is 0 Å². The Morgan fingerprint density at radius 2 is 1.86 bits per heavy atom. The first-order valence-electron chi connectivity index (χ1n) is 7.92. The third-order valence-corrected chi connectivity index (χ3v) is 5.21. The molecule has 110 valence electrons. The Kier molecular flexibility index (Phi) is 3.07. The molecule has 0 saturated carbocycles. The van der Waals surface area contributed by atoms with Crippen LogP contribution < -0.4 is 4.90 Å². The highest BCUT2D eigenvalue weighted by Gasteiger charge is 2.35. The number of aryl methyl sites for hydroxylation is 1. The van der Waals surface area contributed by atoms with Crippen molar-refractivity contribution in [2.75, 3.05) is 25.0 Å². The van der Waals surface area contributed by atoms with E-state index in [0.717, 1.165) is 41.7 Å². The Labute approximate surface area is 125 Å². The lowest BCUT2D eigenvalue weighted by Crippen LogP contribution is -2.37. The van der Waals surface area contributed by atoms with Crippen molar-refractivity contribution < 1.29 is 0 Å². The number of aromatic nitrogens is 2. The maximum absolute atomic E-state index is 4.81. The number of hydrogen-bond acceptors (Lipinski definition) is 4. The van der Waals surface area contributed by atoms with Crippen LogP contribution in [0.4, 0.5) is 5.95 Å². The first-order valence-corrected chi connectivity index (χ1v) is 7.92. The van der Waals surface area contributed by atoms with E-state index in [-0.39, 0.29) is 0 Å². The molecule has 2 saturated heterocycles. The molecule has 0 radical (unpaired) electrons. The fraction of sp³-hybridized carbons (Fsp3) is 0.529. The fourth-order valence-electron chi connectivity index (χ4n) is 3.85. The highest BCUT2D eigenvalue weighted by atomic mass is 15.3. The lowest BCUT2D eigenvalue weighted by Gasteiger charge is -2.26. The van der Waals surface area contributed by atoms with Crippen LogP contribution in [-0.4, -0.2) is 47.1 Å². The summed E-state index contributed by atoms with van der Waals surface area (Å²) in [5.41, 5.74) is 2.14. The zero-order chi connectivity index (χ0) is 14.4. The monoisotopic (exact) mass is 282 g/mol. The van der Waals surface area contributed by atoms with E-state index in [2.05, 4.69) is 48.0 Å². The fourth-order valence-corrected chi connectivity index (χ4v) is 3.85. The Balaban J connectivity index is 1.70. The molecular formula is C17H22N4. The predicted molar refractivity (Wildman–Crippen MR) is 85.7 cm³/mol. The van der Waals surface area contributed by atoms with Crippen LogP contribution in [0.25, 0.3) is 10.9 Å². The van der Waals surface area contributed by atoms with Gasteiger partial charge in [0.1, 0.15) is 0 Å². The van der Waals surface area contributed by atoms with Crippen molar-refractivity contribution in [1.82, 2.24) is 14.9 Å². The molecule has 2 bridgehead atoms. The topological polar surface area (TPSA) is 32.3 Å². The largest absolute Gasteiger partial charge is 0.339 e. The zero-order valence-corrected chi connectivity index (χ0v) is 12.8. The maximum atomic E-state index is 4.81. The normalized spacial score (nSPS) is 26.3. The molecule has 2 aliphatic rings. The van der Waals surface area contributed by atoms with Gasteiger partial charge in [0, 0.05) is 30.6 Å². The average molecular weight is 282 g/mol. The quantitative estimate of drug-likeness (QED) is 0.805. The molecule has 0 aliphatic carbocycles. The highest BCUT2D eigenvalue weighted by molar-refractivity contribution is 5.81. The van der Waals surface area contributed by atoms with Crippen LogP contribution in [0.5, 0.6) is 0 Å². The lowest BCUT2D eigenvalue weighted by molar-refractivity contribution is 0.254. The highest BCUT2D eigenvalue weighted by Crippen LogP contribution is 2.30. The third-order valence-electron chi connectivity index (χ3n) is 5.21. The van der Waals surface area contributed by atoms with Crippen LogP contribution in [0.15, 0.2) is 24.3 Å². The van der Waals surface area contributed by atoms with Gasteiger partial charge in [0.05, 0.1) is 11.2 Å². The Morgan fingerprint density at radius 3 is 2.76 bits per heavy atom. The number of hydrogen-bond donors (Lipinski definition) is 0. The van der Waals surface area contributed by atoms with E-state index in [1.165, 1.54) is 19.3 Å². The Morgan fingerprint density at radius 1 is 1.05 bits per heavy atom. The van der Waals surface area contributed by atoms with Crippen molar-refractivity contribution in [3.05, 3.63) is 30.0 Å². The van der Waals surface area contributed by atoms with Crippen molar-refractivity contribution in [3.8, 4) is 0 Å². The summed E-state index contributed by atoms with van der Waals surface area (Å²) in [7, 11) is 2.28. The molecule has 0 spiro atoms. The van der Waals surface area contributed by atoms with Gasteiger partial charge < -0.3 is 4.90 Å². The average Bonchev–Trinajstić information content (AvgIpc) is 2.72. The van der Waals surface area contributed by atoms with Crippen molar-refractivity contribution in [2.24, 2.45) is 0 Å². The predicted octanol–water partition coefficient (Wildman–Crippen LogP) is 2.61. The van der Waals surface area contributed by atoms with E-state index in [1.54, 1.807) is 0 Å². The van der Waals surface area contributed by atoms with E-state index >= 15 is 0 Å². The van der Waals surface area contributed by atoms with E-state index in [0.29, 0.717) is 6.04 Å². The first-order chi connectivity index (χ1) is 10.2. The van der Waals surface area contributed by atoms with E-state index in [4.69, 9.17) is 9.97 Å². The molecule has 4 rings (SSSR count). The van der Waals surface area contributed by atoms with Gasteiger partial charge in [-0.2, -0.15) is 0 Å². The molecule has 21 heavy (non-hydrogen) atoms. The summed E-state index contributed by atoms with van der Waals surface area (Å²) < 4.78 is 0. The summed E-state index contributed by atoms with van der Waals surface area (Å²) in [6.07, 6.45) is 3.89. The number of nitrogens with zero attached hydrogens (tertiary/aromatic N) is 4. The summed E-state index contributed by atoms with van der Waals surface area (Å²) in [5, 5.41) is 1.16. The Hall–Kier alpha value is -1.68. The van der Waals surface area contributed by atoms with Crippen LogP contribution in [0, 0.1) is 6.92 Å². The summed E-state index contributed by atoms with van der Waals surface area (Å²) in [6, 6.07) is 9.71. The molecule has 0 unspecified atom stereocenters. The number of para-hydroxylation sites is 1. The van der Waals surface area contributed by atoms with E-state index in [1.807, 2.05) is 0 Å². The molecule has 0 amide bonds. The molecule has 0 N–H and O–H groups in total. The summed E-state index contributed by atoms with van der Waals surface area (Å²) in [4.78, 5) is 14.5. The van der Waals surface area contributed by atoms with Gasteiger partial charge in [0.2, 0.25) is 5.95 Å².